The molecule has 6 rings (SSSR count). The van der Waals surface area contributed by atoms with Crippen LogP contribution in [0.5, 0.6) is 5.88 Å². The summed E-state index contributed by atoms with van der Waals surface area (Å²) in [4.78, 5) is 40.4. The van der Waals surface area contributed by atoms with Crippen LogP contribution in [0.15, 0.2) is 66.0 Å². The summed E-state index contributed by atoms with van der Waals surface area (Å²) in [5.74, 6) is -0.414. The molecule has 2 amide bonds. The Balaban J connectivity index is 1.06. The van der Waals surface area contributed by atoms with Gasteiger partial charge >= 0.3 is 0 Å². The highest BCUT2D eigenvalue weighted by atomic mass is 16.5. The van der Waals surface area contributed by atoms with E-state index in [2.05, 4.69) is 15.4 Å². The lowest BCUT2D eigenvalue weighted by Crippen LogP contribution is -2.58. The van der Waals surface area contributed by atoms with Gasteiger partial charge in [0, 0.05) is 43.3 Å². The lowest BCUT2D eigenvalue weighted by atomic mass is 9.53. The first kappa shape index (κ1) is 23.0. The first-order valence-electron chi connectivity index (χ1n) is 12.2. The quantitative estimate of drug-likeness (QED) is 0.419. The summed E-state index contributed by atoms with van der Waals surface area (Å²) < 4.78 is 9.14. The standard InChI is InChI=1S/C27H26N6O4/c1-32-14-16(5-7-23(32)34)17-4-6-22-21(13-30-33(22)15-17)25(36)31-18-9-27(10-18)11-19(12-27)37-26-20(24(28)35)3-2-8-29-26/h2-8,13-15,18-19H,9-12H2,1H3,(H2,28,35)(H,31,36). The Bertz CT molecular complexity index is 1590. The third-order valence-electron chi connectivity index (χ3n) is 7.51. The topological polar surface area (TPSA) is 134 Å². The van der Waals surface area contributed by atoms with Crippen molar-refractivity contribution < 1.29 is 14.3 Å². The number of carbonyl (C=O) groups excluding carboxylic acids is 2. The number of nitrogens with one attached hydrogen (secondary N) is 1. The molecule has 2 fully saturated rings. The molecule has 188 valence electrons. The van der Waals surface area contributed by atoms with Crippen molar-refractivity contribution in [3.63, 3.8) is 0 Å². The summed E-state index contributed by atoms with van der Waals surface area (Å²) in [6.07, 6.45) is 10.3. The molecule has 10 nitrogen and oxygen atoms in total. The van der Waals surface area contributed by atoms with Gasteiger partial charge in [-0.05, 0) is 60.9 Å². The lowest BCUT2D eigenvalue weighted by molar-refractivity contribution is -0.0848. The average Bonchev–Trinajstić information content (AvgIpc) is 3.26. The molecule has 4 aromatic heterocycles. The molecule has 4 heterocycles. The van der Waals surface area contributed by atoms with Crippen LogP contribution in [0.3, 0.4) is 0 Å². The number of hydrogen-bond acceptors (Lipinski definition) is 6. The number of ether oxygens (including phenoxy) is 1. The molecule has 2 aliphatic rings. The third-order valence-corrected chi connectivity index (χ3v) is 7.51. The number of hydrogen-bond donors (Lipinski definition) is 2. The van der Waals surface area contributed by atoms with Gasteiger partial charge in [-0.15, -0.1) is 0 Å². The number of fused-ring (bicyclic) bond motifs is 1. The van der Waals surface area contributed by atoms with E-state index in [1.165, 1.54) is 10.6 Å². The van der Waals surface area contributed by atoms with Crippen molar-refractivity contribution in [2.24, 2.45) is 18.2 Å². The maximum atomic E-state index is 13.0. The van der Waals surface area contributed by atoms with Crippen LogP contribution in [-0.2, 0) is 7.05 Å². The summed E-state index contributed by atoms with van der Waals surface area (Å²) in [5.41, 5.74) is 8.82. The van der Waals surface area contributed by atoms with Crippen LogP contribution in [-0.4, -0.2) is 43.1 Å². The molecule has 10 heteroatoms. The van der Waals surface area contributed by atoms with Gasteiger partial charge in [0.2, 0.25) is 11.4 Å². The molecule has 0 unspecified atom stereocenters. The lowest BCUT2D eigenvalue weighted by Gasteiger charge is -2.57. The summed E-state index contributed by atoms with van der Waals surface area (Å²) in [6.45, 7) is 0. The molecule has 2 aliphatic carbocycles. The second-order valence-electron chi connectivity index (χ2n) is 10.1. The van der Waals surface area contributed by atoms with Gasteiger partial charge in [-0.25, -0.2) is 9.50 Å². The van der Waals surface area contributed by atoms with Crippen molar-refractivity contribution >= 4 is 17.3 Å². The van der Waals surface area contributed by atoms with Gasteiger partial charge in [-0.3, -0.25) is 14.4 Å². The number of pyridine rings is 3. The van der Waals surface area contributed by atoms with Crippen molar-refractivity contribution in [1.29, 1.82) is 0 Å². The predicted octanol–water partition coefficient (Wildman–Crippen LogP) is 2.31. The SMILES string of the molecule is Cn1cc(-c2ccc3c(C(=O)NC4CC5(C4)CC(Oc4ncccc4C(N)=O)C5)cnn3c2)ccc1=O. The van der Waals surface area contributed by atoms with Crippen molar-refractivity contribution in [3.8, 4) is 17.0 Å². The maximum Gasteiger partial charge on any atom is 0.255 e. The first-order valence-corrected chi connectivity index (χ1v) is 12.2. The number of nitrogens with zero attached hydrogens (tertiary/aromatic N) is 4. The Morgan fingerprint density at radius 2 is 1.81 bits per heavy atom. The van der Waals surface area contributed by atoms with Crippen molar-refractivity contribution in [2.75, 3.05) is 0 Å². The van der Waals surface area contributed by atoms with E-state index in [4.69, 9.17) is 10.5 Å². The van der Waals surface area contributed by atoms with Crippen molar-refractivity contribution in [3.05, 3.63) is 82.7 Å². The fourth-order valence-corrected chi connectivity index (χ4v) is 5.60. The minimum absolute atomic E-state index is 0.00880. The van der Waals surface area contributed by atoms with Crippen LogP contribution >= 0.6 is 0 Å². The molecule has 1 spiro atoms. The second kappa shape index (κ2) is 8.58. The highest BCUT2D eigenvalue weighted by Gasteiger charge is 2.54. The monoisotopic (exact) mass is 498 g/mol. The van der Waals surface area contributed by atoms with Crippen molar-refractivity contribution in [1.82, 2.24) is 24.5 Å². The number of rotatable bonds is 6. The van der Waals surface area contributed by atoms with E-state index < -0.39 is 5.91 Å². The predicted molar refractivity (Wildman–Crippen MR) is 135 cm³/mol. The second-order valence-corrected chi connectivity index (χ2v) is 10.1. The van der Waals surface area contributed by atoms with Crippen LogP contribution in [0, 0.1) is 5.41 Å². The average molecular weight is 499 g/mol. The van der Waals surface area contributed by atoms with Gasteiger partial charge in [0.05, 0.1) is 17.3 Å². The molecule has 0 radical (unpaired) electrons. The smallest absolute Gasteiger partial charge is 0.255 e. The minimum atomic E-state index is -0.556. The number of carbonyl (C=O) groups is 2. The molecule has 0 aromatic carbocycles. The van der Waals surface area contributed by atoms with Gasteiger partial charge < -0.3 is 20.4 Å². The van der Waals surface area contributed by atoms with Gasteiger partial charge in [0.25, 0.3) is 11.8 Å². The molecule has 0 atom stereocenters. The molecule has 2 saturated carbocycles. The Morgan fingerprint density at radius 1 is 1.05 bits per heavy atom. The molecule has 0 aliphatic heterocycles. The minimum Gasteiger partial charge on any atom is -0.474 e. The third kappa shape index (κ3) is 4.14. The summed E-state index contributed by atoms with van der Waals surface area (Å²) in [7, 11) is 1.71. The number of nitrogens with two attached hydrogens (primary N) is 1. The summed E-state index contributed by atoms with van der Waals surface area (Å²) in [5, 5.41) is 7.51. The Morgan fingerprint density at radius 3 is 2.57 bits per heavy atom. The highest BCUT2D eigenvalue weighted by Crippen LogP contribution is 2.56. The van der Waals surface area contributed by atoms with Crippen LogP contribution in [0.25, 0.3) is 16.6 Å². The van der Waals surface area contributed by atoms with Crippen molar-refractivity contribution in [2.45, 2.75) is 37.8 Å². The normalized spacial score (nSPS) is 22.3. The van der Waals surface area contributed by atoms with E-state index in [-0.39, 0.29) is 40.5 Å². The van der Waals surface area contributed by atoms with E-state index in [0.29, 0.717) is 5.56 Å². The van der Waals surface area contributed by atoms with E-state index >= 15 is 0 Å². The molecule has 0 bridgehead atoms. The van der Waals surface area contributed by atoms with Crippen LogP contribution in [0.4, 0.5) is 0 Å². The van der Waals surface area contributed by atoms with E-state index in [1.54, 1.807) is 48.4 Å². The zero-order valence-electron chi connectivity index (χ0n) is 20.3. The van der Waals surface area contributed by atoms with E-state index in [9.17, 15) is 14.4 Å². The van der Waals surface area contributed by atoms with Crippen LogP contribution < -0.4 is 21.3 Å². The zero-order valence-corrected chi connectivity index (χ0v) is 20.3. The van der Waals surface area contributed by atoms with Gasteiger partial charge in [0.1, 0.15) is 11.7 Å². The summed E-state index contributed by atoms with van der Waals surface area (Å²) >= 11 is 0. The number of aryl methyl sites for hydroxylation is 1. The summed E-state index contributed by atoms with van der Waals surface area (Å²) in [6, 6.07) is 10.5. The van der Waals surface area contributed by atoms with Gasteiger partial charge in [-0.2, -0.15) is 5.10 Å². The Hall–Kier alpha value is -4.47. The molecule has 4 aromatic rings. The first-order chi connectivity index (χ1) is 17.8. The molecular formula is C27H26N6O4. The Labute approximate surface area is 212 Å². The molecule has 0 saturated heterocycles. The maximum absolute atomic E-state index is 13.0. The zero-order chi connectivity index (χ0) is 25.7. The van der Waals surface area contributed by atoms with E-state index in [1.807, 2.05) is 18.3 Å². The number of amides is 2. The molecule has 3 N–H and O–H groups in total. The fourth-order valence-electron chi connectivity index (χ4n) is 5.60. The molecular weight excluding hydrogens is 472 g/mol. The van der Waals surface area contributed by atoms with Crippen LogP contribution in [0.1, 0.15) is 46.4 Å². The molecule has 37 heavy (non-hydrogen) atoms. The van der Waals surface area contributed by atoms with E-state index in [0.717, 1.165) is 42.3 Å². The highest BCUT2D eigenvalue weighted by molar-refractivity contribution is 6.01. The van der Waals surface area contributed by atoms with Gasteiger partial charge in [-0.1, -0.05) is 6.07 Å². The number of aromatic nitrogens is 4. The largest absolute Gasteiger partial charge is 0.474 e. The Kier molecular flexibility index (Phi) is 5.32. The van der Waals surface area contributed by atoms with Gasteiger partial charge in [0.15, 0.2) is 0 Å². The fraction of sp³-hybridized carbons (Fsp3) is 0.296. The number of primary amides is 1. The van der Waals surface area contributed by atoms with Crippen LogP contribution in [0.2, 0.25) is 0 Å².